The molecular formula is C56H92O6. The molecule has 0 saturated heterocycles. The van der Waals surface area contributed by atoms with Crippen LogP contribution >= 0.6 is 0 Å². The van der Waals surface area contributed by atoms with Gasteiger partial charge in [-0.3, -0.25) is 14.4 Å². The molecule has 0 saturated carbocycles. The van der Waals surface area contributed by atoms with Crippen molar-refractivity contribution in [1.29, 1.82) is 0 Å². The lowest BCUT2D eigenvalue weighted by molar-refractivity contribution is -0.167. The van der Waals surface area contributed by atoms with Crippen LogP contribution in [-0.2, 0) is 28.6 Å². The van der Waals surface area contributed by atoms with Gasteiger partial charge in [0, 0.05) is 19.3 Å². The number of allylic oxidation sites excluding steroid dienone is 16. The molecule has 0 bridgehead atoms. The van der Waals surface area contributed by atoms with Crippen molar-refractivity contribution in [3.63, 3.8) is 0 Å². The molecule has 0 aliphatic rings. The first-order valence-corrected chi connectivity index (χ1v) is 25.2. The van der Waals surface area contributed by atoms with Crippen LogP contribution in [0.3, 0.4) is 0 Å². The van der Waals surface area contributed by atoms with Crippen molar-refractivity contribution in [1.82, 2.24) is 0 Å². The average Bonchev–Trinajstić information content (AvgIpc) is 3.27. The number of hydrogen-bond donors (Lipinski definition) is 0. The number of ether oxygens (including phenoxy) is 3. The van der Waals surface area contributed by atoms with E-state index in [1.807, 2.05) is 0 Å². The monoisotopic (exact) mass is 861 g/mol. The minimum Gasteiger partial charge on any atom is -0.462 e. The second-order valence-corrected chi connectivity index (χ2v) is 16.3. The first-order valence-electron chi connectivity index (χ1n) is 25.2. The van der Waals surface area contributed by atoms with Gasteiger partial charge in [0.2, 0.25) is 0 Å². The summed E-state index contributed by atoms with van der Waals surface area (Å²) in [5.41, 5.74) is 0. The highest BCUT2D eigenvalue weighted by atomic mass is 16.6. The Balaban J connectivity index is 4.38. The van der Waals surface area contributed by atoms with Gasteiger partial charge in [-0.1, -0.05) is 201 Å². The van der Waals surface area contributed by atoms with E-state index in [0.29, 0.717) is 19.3 Å². The number of carbonyl (C=O) groups excluding carboxylic acids is 3. The van der Waals surface area contributed by atoms with E-state index in [0.717, 1.165) is 135 Å². The topological polar surface area (TPSA) is 78.9 Å². The number of carbonyl (C=O) groups is 3. The molecule has 1 atom stereocenters. The maximum atomic E-state index is 12.8. The molecule has 0 aromatic carbocycles. The van der Waals surface area contributed by atoms with Crippen LogP contribution in [0.25, 0.3) is 0 Å². The Hall–Kier alpha value is -3.67. The summed E-state index contributed by atoms with van der Waals surface area (Å²) in [5, 5.41) is 0. The summed E-state index contributed by atoms with van der Waals surface area (Å²) < 4.78 is 16.7. The minimum atomic E-state index is -0.794. The van der Waals surface area contributed by atoms with Crippen LogP contribution in [-0.4, -0.2) is 37.2 Å². The molecule has 0 aliphatic heterocycles. The highest BCUT2D eigenvalue weighted by Gasteiger charge is 2.19. The predicted octanol–water partition coefficient (Wildman–Crippen LogP) is 16.6. The predicted molar refractivity (Wildman–Crippen MR) is 265 cm³/mol. The molecule has 6 heteroatoms. The second kappa shape index (κ2) is 50.0. The maximum absolute atomic E-state index is 12.8. The molecule has 0 aromatic heterocycles. The van der Waals surface area contributed by atoms with Crippen LogP contribution in [0.1, 0.15) is 220 Å². The zero-order chi connectivity index (χ0) is 45.1. The van der Waals surface area contributed by atoms with E-state index in [9.17, 15) is 14.4 Å². The van der Waals surface area contributed by atoms with E-state index >= 15 is 0 Å². The summed E-state index contributed by atoms with van der Waals surface area (Å²) in [7, 11) is 0. The molecule has 1 unspecified atom stereocenters. The zero-order valence-corrected chi connectivity index (χ0v) is 40.1. The van der Waals surface area contributed by atoms with Gasteiger partial charge in [0.05, 0.1) is 0 Å². The van der Waals surface area contributed by atoms with E-state index in [-0.39, 0.29) is 31.1 Å². The number of unbranched alkanes of at least 4 members (excludes halogenated alkanes) is 17. The van der Waals surface area contributed by atoms with Crippen molar-refractivity contribution >= 4 is 17.9 Å². The Morgan fingerprint density at radius 2 is 0.629 bits per heavy atom. The first kappa shape index (κ1) is 58.3. The van der Waals surface area contributed by atoms with Crippen molar-refractivity contribution in [3.8, 4) is 0 Å². The third-order valence-corrected chi connectivity index (χ3v) is 10.3. The summed E-state index contributed by atoms with van der Waals surface area (Å²) in [6.45, 7) is 6.34. The van der Waals surface area contributed by atoms with Crippen molar-refractivity contribution in [2.24, 2.45) is 0 Å². The third kappa shape index (κ3) is 47.4. The smallest absolute Gasteiger partial charge is 0.306 e. The Morgan fingerprint density at radius 3 is 0.984 bits per heavy atom. The molecule has 352 valence electrons. The summed E-state index contributed by atoms with van der Waals surface area (Å²) >= 11 is 0. The fraction of sp³-hybridized carbons (Fsp3) is 0.661. The van der Waals surface area contributed by atoms with Crippen LogP contribution in [0, 0.1) is 0 Å². The van der Waals surface area contributed by atoms with E-state index in [4.69, 9.17) is 14.2 Å². The number of rotatable bonds is 44. The van der Waals surface area contributed by atoms with Crippen molar-refractivity contribution in [2.75, 3.05) is 13.2 Å². The molecule has 62 heavy (non-hydrogen) atoms. The van der Waals surface area contributed by atoms with Crippen LogP contribution in [0.15, 0.2) is 97.2 Å². The Bertz CT molecular complexity index is 1260. The normalized spacial score (nSPS) is 12.9. The molecule has 6 nitrogen and oxygen atoms in total. The van der Waals surface area contributed by atoms with Gasteiger partial charge in [0.15, 0.2) is 6.10 Å². The lowest BCUT2D eigenvalue weighted by Gasteiger charge is -2.18. The number of esters is 3. The molecule has 0 rings (SSSR count). The summed E-state index contributed by atoms with van der Waals surface area (Å²) in [6.07, 6.45) is 65.4. The molecule has 0 amide bonds. The number of hydrogen-bond acceptors (Lipinski definition) is 6. The standard InChI is InChI=1S/C56H92O6/c1-4-7-10-13-16-19-21-23-25-27-28-30-31-33-35-37-40-43-46-49-55(58)61-52-53(51-60-54(57)48-45-42-39-18-15-12-9-6-3)62-56(59)50-47-44-41-38-36-34-32-29-26-24-22-20-17-14-11-8-5-2/h7-8,10-11,16-17,19-20,23-26,28,30,32,34,53H,4-6,9,12-15,18,21-22,27,29,31,33,35-52H2,1-3H3/b10-7-,11-8-,19-16-,20-17-,25-23-,26-24-,30-28-,34-32-. The SMILES string of the molecule is CC/C=C\C/C=C\C/C=C\C/C=C\CCCCCCCCC(=O)OCC(COC(=O)CCCCCCCCCC)OC(=O)CCCCCC/C=C\C/C=C\C/C=C\C/C=C\CC. The van der Waals surface area contributed by atoms with E-state index < -0.39 is 6.10 Å². The largest absolute Gasteiger partial charge is 0.462 e. The average molecular weight is 861 g/mol. The van der Waals surface area contributed by atoms with Gasteiger partial charge < -0.3 is 14.2 Å². The van der Waals surface area contributed by atoms with Gasteiger partial charge in [-0.2, -0.15) is 0 Å². The maximum Gasteiger partial charge on any atom is 0.306 e. The summed E-state index contributed by atoms with van der Waals surface area (Å²) in [4.78, 5) is 37.8. The minimum absolute atomic E-state index is 0.0926. The fourth-order valence-corrected chi connectivity index (χ4v) is 6.60. The summed E-state index contributed by atoms with van der Waals surface area (Å²) in [5.74, 6) is -0.940. The Labute approximate surface area is 381 Å². The first-order chi connectivity index (χ1) is 30.5. The highest BCUT2D eigenvalue weighted by molar-refractivity contribution is 5.71. The van der Waals surface area contributed by atoms with Crippen molar-refractivity contribution in [2.45, 2.75) is 226 Å². The van der Waals surface area contributed by atoms with Crippen molar-refractivity contribution < 1.29 is 28.6 Å². The van der Waals surface area contributed by atoms with Crippen LogP contribution in [0.2, 0.25) is 0 Å². The van der Waals surface area contributed by atoms with Gasteiger partial charge in [0.1, 0.15) is 13.2 Å². The molecule has 0 aliphatic carbocycles. The Kier molecular flexibility index (Phi) is 47.0. The van der Waals surface area contributed by atoms with Gasteiger partial charge in [0.25, 0.3) is 0 Å². The van der Waals surface area contributed by atoms with Crippen LogP contribution < -0.4 is 0 Å². The van der Waals surface area contributed by atoms with E-state index in [2.05, 4.69) is 118 Å². The molecule has 0 fully saturated rings. The fourth-order valence-electron chi connectivity index (χ4n) is 6.60. The van der Waals surface area contributed by atoms with E-state index in [1.165, 1.54) is 44.9 Å². The molecule has 0 aromatic rings. The molecule has 0 spiro atoms. The van der Waals surface area contributed by atoms with Gasteiger partial charge in [-0.15, -0.1) is 0 Å². The second-order valence-electron chi connectivity index (χ2n) is 16.3. The van der Waals surface area contributed by atoms with Gasteiger partial charge in [-0.25, -0.2) is 0 Å². The summed E-state index contributed by atoms with van der Waals surface area (Å²) in [6, 6.07) is 0. The quantitative estimate of drug-likeness (QED) is 0.0263. The van der Waals surface area contributed by atoms with Gasteiger partial charge >= 0.3 is 17.9 Å². The highest BCUT2D eigenvalue weighted by Crippen LogP contribution is 2.13. The zero-order valence-electron chi connectivity index (χ0n) is 40.1. The van der Waals surface area contributed by atoms with Crippen LogP contribution in [0.5, 0.6) is 0 Å². The van der Waals surface area contributed by atoms with Crippen molar-refractivity contribution in [3.05, 3.63) is 97.2 Å². The third-order valence-electron chi connectivity index (χ3n) is 10.3. The lowest BCUT2D eigenvalue weighted by Crippen LogP contribution is -2.30. The Morgan fingerprint density at radius 1 is 0.339 bits per heavy atom. The molecule has 0 radical (unpaired) electrons. The van der Waals surface area contributed by atoms with Crippen LogP contribution in [0.4, 0.5) is 0 Å². The van der Waals surface area contributed by atoms with E-state index in [1.54, 1.807) is 0 Å². The molecular weight excluding hydrogens is 769 g/mol. The molecule has 0 heterocycles. The lowest BCUT2D eigenvalue weighted by atomic mass is 10.1. The van der Waals surface area contributed by atoms with Gasteiger partial charge in [-0.05, 0) is 96.3 Å². The molecule has 0 N–H and O–H groups in total.